The molecule has 0 unspecified atom stereocenters. The molecule has 6 heteroatoms. The number of hydrogen-bond donors (Lipinski definition) is 2. The van der Waals surface area contributed by atoms with E-state index in [0.29, 0.717) is 22.0 Å². The van der Waals surface area contributed by atoms with E-state index >= 15 is 0 Å². The highest BCUT2D eigenvalue weighted by Gasteiger charge is 2.09. The molecule has 2 rings (SSSR count). The molecule has 1 heterocycles. The van der Waals surface area contributed by atoms with Gasteiger partial charge in [-0.1, -0.05) is 23.4 Å². The second-order valence-electron chi connectivity index (χ2n) is 3.76. The lowest BCUT2D eigenvalue weighted by Gasteiger charge is -2.04. The molecule has 0 aliphatic heterocycles. The van der Waals surface area contributed by atoms with Gasteiger partial charge in [-0.25, -0.2) is 0 Å². The fourth-order valence-electron chi connectivity index (χ4n) is 1.46. The van der Waals surface area contributed by atoms with Gasteiger partial charge in [0.05, 0.1) is 11.6 Å². The van der Waals surface area contributed by atoms with Crippen molar-refractivity contribution in [1.82, 2.24) is 10.2 Å². The molecule has 0 radical (unpaired) electrons. The molecule has 0 saturated carbocycles. The van der Waals surface area contributed by atoms with E-state index in [1.165, 1.54) is 6.20 Å². The van der Waals surface area contributed by atoms with Crippen LogP contribution in [-0.4, -0.2) is 22.6 Å². The van der Waals surface area contributed by atoms with Crippen LogP contribution >= 0.6 is 11.6 Å². The van der Waals surface area contributed by atoms with Gasteiger partial charge in [-0.15, -0.1) is 5.10 Å². The molecule has 100 valence electrons. The largest absolute Gasteiger partial charge is 0.320 e. The Hall–Kier alpha value is -2.42. The molecule has 0 atom stereocenters. The molecule has 5 nitrogen and oxygen atoms in total. The van der Waals surface area contributed by atoms with Gasteiger partial charge >= 0.3 is 0 Å². The Morgan fingerprint density at radius 1 is 1.40 bits per heavy atom. The average molecular weight is 287 g/mol. The van der Waals surface area contributed by atoms with Crippen LogP contribution in [0, 0.1) is 11.8 Å². The maximum absolute atomic E-state index is 12.0. The quantitative estimate of drug-likeness (QED) is 0.823. The Balaban J connectivity index is 2.17. The predicted octanol–water partition coefficient (Wildman–Crippen LogP) is 1.69. The van der Waals surface area contributed by atoms with Gasteiger partial charge in [0, 0.05) is 17.3 Å². The second kappa shape index (κ2) is 6.66. The normalized spacial score (nSPS) is 9.50. The first-order valence-electron chi connectivity index (χ1n) is 5.78. The molecule has 20 heavy (non-hydrogen) atoms. The fourth-order valence-corrected chi connectivity index (χ4v) is 1.69. The zero-order valence-electron chi connectivity index (χ0n) is 10.4. The second-order valence-corrected chi connectivity index (χ2v) is 4.17. The molecular weight excluding hydrogens is 276 g/mol. The molecule has 0 saturated heterocycles. The van der Waals surface area contributed by atoms with Crippen molar-refractivity contribution in [2.75, 3.05) is 11.9 Å². The highest BCUT2D eigenvalue weighted by atomic mass is 35.5. The number of nitrogens with two attached hydrogens (primary N) is 1. The van der Waals surface area contributed by atoms with Gasteiger partial charge in [0.25, 0.3) is 5.91 Å². The van der Waals surface area contributed by atoms with Crippen LogP contribution in [0.2, 0.25) is 5.02 Å². The Morgan fingerprint density at radius 2 is 2.25 bits per heavy atom. The molecule has 0 fully saturated rings. The van der Waals surface area contributed by atoms with Crippen molar-refractivity contribution in [3.63, 3.8) is 0 Å². The summed E-state index contributed by atoms with van der Waals surface area (Å²) in [5.74, 6) is 5.60. The van der Waals surface area contributed by atoms with Gasteiger partial charge in [-0.2, -0.15) is 5.10 Å². The van der Waals surface area contributed by atoms with Gasteiger partial charge in [0.15, 0.2) is 5.82 Å². The summed E-state index contributed by atoms with van der Waals surface area (Å²) >= 11 is 6.06. The molecule has 0 aliphatic carbocycles. The number of amides is 1. The maximum Gasteiger partial charge on any atom is 0.256 e. The van der Waals surface area contributed by atoms with E-state index < -0.39 is 0 Å². The van der Waals surface area contributed by atoms with E-state index in [0.717, 1.165) is 0 Å². The number of rotatable bonds is 2. The third-order valence-corrected chi connectivity index (χ3v) is 2.68. The number of carbonyl (C=O) groups excluding carboxylic acids is 1. The van der Waals surface area contributed by atoms with E-state index in [1.54, 1.807) is 30.3 Å². The van der Waals surface area contributed by atoms with Crippen molar-refractivity contribution in [2.45, 2.75) is 0 Å². The summed E-state index contributed by atoms with van der Waals surface area (Å²) in [6, 6.07) is 8.19. The predicted molar refractivity (Wildman–Crippen MR) is 77.4 cm³/mol. The first-order chi connectivity index (χ1) is 9.70. The van der Waals surface area contributed by atoms with Crippen LogP contribution in [0.15, 0.2) is 36.5 Å². The van der Waals surface area contributed by atoms with Crippen LogP contribution in [0.3, 0.4) is 0 Å². The maximum atomic E-state index is 12.0. The molecule has 1 aromatic carbocycles. The fraction of sp³-hybridized carbons (Fsp3) is 0.0714. The number of nitrogens with zero attached hydrogens (tertiary/aromatic N) is 2. The number of aromatic nitrogens is 2. The number of nitrogens with one attached hydrogen (secondary N) is 1. The Kier molecular flexibility index (Phi) is 4.66. The van der Waals surface area contributed by atoms with Crippen molar-refractivity contribution in [3.05, 3.63) is 52.7 Å². The Bertz CT molecular complexity index is 677. The number of benzene rings is 1. The van der Waals surface area contributed by atoms with E-state index in [1.807, 2.05) is 0 Å². The summed E-state index contributed by atoms with van der Waals surface area (Å²) in [5.41, 5.74) is 6.35. The SMILES string of the molecule is NCC#Cc1ccc(C(=O)Nc2cccnn2)cc1Cl. The van der Waals surface area contributed by atoms with E-state index in [2.05, 4.69) is 27.4 Å². The summed E-state index contributed by atoms with van der Waals surface area (Å²) in [6.07, 6.45) is 1.53. The van der Waals surface area contributed by atoms with E-state index in [9.17, 15) is 4.79 Å². The zero-order valence-corrected chi connectivity index (χ0v) is 11.2. The topological polar surface area (TPSA) is 80.9 Å². The van der Waals surface area contributed by atoms with Crippen molar-refractivity contribution in [3.8, 4) is 11.8 Å². The summed E-state index contributed by atoms with van der Waals surface area (Å²) in [6.45, 7) is 0.255. The third-order valence-electron chi connectivity index (χ3n) is 2.37. The van der Waals surface area contributed by atoms with Crippen molar-refractivity contribution in [1.29, 1.82) is 0 Å². The minimum absolute atomic E-state index is 0.255. The first-order valence-corrected chi connectivity index (χ1v) is 6.16. The van der Waals surface area contributed by atoms with Crippen LogP contribution in [0.5, 0.6) is 0 Å². The standard InChI is InChI=1S/C14H11ClN4O/c15-12-9-11(6-5-10(12)3-1-7-16)14(20)18-13-4-2-8-17-19-13/h2,4-6,8-9H,7,16H2,(H,18,19,20). The van der Waals surface area contributed by atoms with Crippen LogP contribution in [0.1, 0.15) is 15.9 Å². The van der Waals surface area contributed by atoms with Crippen molar-refractivity contribution >= 4 is 23.3 Å². The minimum atomic E-state index is -0.314. The lowest BCUT2D eigenvalue weighted by atomic mass is 10.1. The summed E-state index contributed by atoms with van der Waals surface area (Å²) in [7, 11) is 0. The summed E-state index contributed by atoms with van der Waals surface area (Å²) in [5, 5.41) is 10.5. The number of carbonyl (C=O) groups is 1. The van der Waals surface area contributed by atoms with Crippen LogP contribution in [-0.2, 0) is 0 Å². The highest BCUT2D eigenvalue weighted by Crippen LogP contribution is 2.17. The van der Waals surface area contributed by atoms with Gasteiger partial charge in [-0.05, 0) is 30.3 Å². The molecule has 0 aliphatic rings. The Labute approximate surface area is 121 Å². The first kappa shape index (κ1) is 14.0. The Morgan fingerprint density at radius 3 is 2.90 bits per heavy atom. The van der Waals surface area contributed by atoms with Crippen LogP contribution in [0.4, 0.5) is 5.82 Å². The number of halogens is 1. The molecule has 1 amide bonds. The summed E-state index contributed by atoms with van der Waals surface area (Å²) < 4.78 is 0. The molecule has 3 N–H and O–H groups in total. The van der Waals surface area contributed by atoms with E-state index in [-0.39, 0.29) is 12.5 Å². The van der Waals surface area contributed by atoms with Gasteiger partial charge in [0.2, 0.25) is 0 Å². The van der Waals surface area contributed by atoms with Gasteiger partial charge < -0.3 is 11.1 Å². The van der Waals surface area contributed by atoms with Crippen molar-refractivity contribution in [2.24, 2.45) is 5.73 Å². The zero-order chi connectivity index (χ0) is 14.4. The third kappa shape index (κ3) is 3.54. The number of anilines is 1. The molecular formula is C14H11ClN4O. The highest BCUT2D eigenvalue weighted by molar-refractivity contribution is 6.32. The summed E-state index contributed by atoms with van der Waals surface area (Å²) in [4.78, 5) is 12.0. The smallest absolute Gasteiger partial charge is 0.256 e. The average Bonchev–Trinajstić information content (AvgIpc) is 2.47. The monoisotopic (exact) mass is 286 g/mol. The molecule has 0 spiro atoms. The molecule has 2 aromatic rings. The molecule has 0 bridgehead atoms. The van der Waals surface area contributed by atoms with Gasteiger partial charge in [0.1, 0.15) is 0 Å². The van der Waals surface area contributed by atoms with Crippen LogP contribution < -0.4 is 11.1 Å². The van der Waals surface area contributed by atoms with Gasteiger partial charge in [-0.3, -0.25) is 4.79 Å². The lowest BCUT2D eigenvalue weighted by molar-refractivity contribution is 0.102. The molecule has 1 aromatic heterocycles. The lowest BCUT2D eigenvalue weighted by Crippen LogP contribution is -2.13. The number of hydrogen-bond acceptors (Lipinski definition) is 4. The van der Waals surface area contributed by atoms with Crippen LogP contribution in [0.25, 0.3) is 0 Å². The van der Waals surface area contributed by atoms with Crippen molar-refractivity contribution < 1.29 is 4.79 Å². The van der Waals surface area contributed by atoms with E-state index in [4.69, 9.17) is 17.3 Å². The minimum Gasteiger partial charge on any atom is -0.320 e.